The fourth-order valence-electron chi connectivity index (χ4n) is 4.03. The molecule has 0 aliphatic heterocycles. The summed E-state index contributed by atoms with van der Waals surface area (Å²) >= 11 is 0. The summed E-state index contributed by atoms with van der Waals surface area (Å²) in [7, 11) is 2.07. The van der Waals surface area contributed by atoms with Crippen LogP contribution in [-0.2, 0) is 4.74 Å². The van der Waals surface area contributed by atoms with E-state index in [4.69, 9.17) is 4.74 Å². The van der Waals surface area contributed by atoms with Crippen LogP contribution < -0.4 is 5.32 Å². The Morgan fingerprint density at radius 2 is 1.68 bits per heavy atom. The number of likely N-dealkylation sites (N-methyl/N-ethyl adjacent to an activating group) is 1. The number of rotatable bonds is 5. The van der Waals surface area contributed by atoms with Crippen molar-refractivity contribution in [2.24, 2.45) is 11.8 Å². The third-order valence-electron chi connectivity index (χ3n) is 5.35. The van der Waals surface area contributed by atoms with E-state index in [-0.39, 0.29) is 5.60 Å². The fourth-order valence-corrected chi connectivity index (χ4v) is 4.03. The highest BCUT2D eigenvalue weighted by atomic mass is 16.5. The van der Waals surface area contributed by atoms with Gasteiger partial charge in [0.1, 0.15) is 0 Å². The fraction of sp³-hybridized carbons (Fsp3) is 1.00. The minimum Gasteiger partial charge on any atom is -0.370 e. The van der Waals surface area contributed by atoms with Crippen molar-refractivity contribution in [2.75, 3.05) is 13.6 Å². The zero-order valence-corrected chi connectivity index (χ0v) is 13.2. The number of hydrogen-bond donors (Lipinski definition) is 1. The van der Waals surface area contributed by atoms with Crippen LogP contribution >= 0.6 is 0 Å². The van der Waals surface area contributed by atoms with Crippen molar-refractivity contribution in [3.63, 3.8) is 0 Å². The summed E-state index contributed by atoms with van der Waals surface area (Å²) < 4.78 is 6.63. The Labute approximate surface area is 119 Å². The molecule has 0 spiro atoms. The highest BCUT2D eigenvalue weighted by Crippen LogP contribution is 2.39. The molecule has 0 atom stereocenters. The van der Waals surface area contributed by atoms with Crippen molar-refractivity contribution in [3.8, 4) is 0 Å². The Morgan fingerprint density at radius 3 is 2.21 bits per heavy atom. The first-order chi connectivity index (χ1) is 9.15. The maximum absolute atomic E-state index is 6.63. The Morgan fingerprint density at radius 1 is 1.05 bits per heavy atom. The second-order valence-corrected chi connectivity index (χ2v) is 7.17. The smallest absolute Gasteiger partial charge is 0.0810 e. The molecule has 2 heteroatoms. The van der Waals surface area contributed by atoms with E-state index in [1.165, 1.54) is 57.8 Å². The monoisotopic (exact) mass is 267 g/mol. The largest absolute Gasteiger partial charge is 0.370 e. The van der Waals surface area contributed by atoms with Gasteiger partial charge in [0.15, 0.2) is 0 Å². The summed E-state index contributed by atoms with van der Waals surface area (Å²) in [6, 6.07) is 0. The molecule has 0 unspecified atom stereocenters. The average Bonchev–Trinajstić information content (AvgIpc) is 2.40. The maximum Gasteiger partial charge on any atom is 0.0810 e. The zero-order valence-electron chi connectivity index (χ0n) is 13.2. The quantitative estimate of drug-likeness (QED) is 0.808. The Hall–Kier alpha value is -0.0800. The van der Waals surface area contributed by atoms with Gasteiger partial charge in [0, 0.05) is 6.54 Å². The summed E-state index contributed by atoms with van der Waals surface area (Å²) in [5.74, 6) is 1.75. The minimum absolute atomic E-state index is 0.141. The topological polar surface area (TPSA) is 21.3 Å². The van der Waals surface area contributed by atoms with Crippen LogP contribution in [0.25, 0.3) is 0 Å². The first kappa shape index (κ1) is 15.3. The van der Waals surface area contributed by atoms with E-state index >= 15 is 0 Å². The third-order valence-corrected chi connectivity index (χ3v) is 5.35. The average molecular weight is 267 g/mol. The first-order valence-electron chi connectivity index (χ1n) is 8.48. The van der Waals surface area contributed by atoms with Gasteiger partial charge in [-0.2, -0.15) is 0 Å². The van der Waals surface area contributed by atoms with Gasteiger partial charge in [0.2, 0.25) is 0 Å². The molecular weight excluding hydrogens is 234 g/mol. The lowest BCUT2D eigenvalue weighted by Gasteiger charge is -2.44. The second-order valence-electron chi connectivity index (χ2n) is 7.17. The van der Waals surface area contributed by atoms with Crippen LogP contribution in [0.5, 0.6) is 0 Å². The Bertz CT molecular complexity index is 250. The standard InChI is InChI=1S/C17H33NO/c1-14(2)15-9-11-17(12-10-15,13-18-3)19-16-7-5-4-6-8-16/h14-16,18H,4-13H2,1-3H3. The molecule has 0 aromatic rings. The summed E-state index contributed by atoms with van der Waals surface area (Å²) in [4.78, 5) is 0. The zero-order chi connectivity index (χ0) is 13.7. The molecule has 0 aromatic heterocycles. The molecular formula is C17H33NO. The van der Waals surface area contributed by atoms with E-state index in [2.05, 4.69) is 26.2 Å². The molecule has 0 amide bonds. The molecule has 2 aliphatic rings. The van der Waals surface area contributed by atoms with Crippen molar-refractivity contribution in [1.82, 2.24) is 5.32 Å². The van der Waals surface area contributed by atoms with Crippen LogP contribution in [0.15, 0.2) is 0 Å². The van der Waals surface area contributed by atoms with Gasteiger partial charge in [0.25, 0.3) is 0 Å². The second kappa shape index (κ2) is 7.08. The predicted octanol–water partition coefficient (Wildman–Crippen LogP) is 4.14. The Balaban J connectivity index is 1.90. The molecule has 112 valence electrons. The van der Waals surface area contributed by atoms with Crippen molar-refractivity contribution >= 4 is 0 Å². The van der Waals surface area contributed by atoms with E-state index < -0.39 is 0 Å². The lowest BCUT2D eigenvalue weighted by molar-refractivity contribution is -0.128. The molecule has 2 fully saturated rings. The summed E-state index contributed by atoms with van der Waals surface area (Å²) in [5, 5.41) is 3.39. The van der Waals surface area contributed by atoms with Crippen molar-refractivity contribution in [2.45, 2.75) is 83.3 Å². The van der Waals surface area contributed by atoms with Gasteiger partial charge in [-0.05, 0) is 57.4 Å². The number of nitrogens with one attached hydrogen (secondary N) is 1. The van der Waals surface area contributed by atoms with Gasteiger partial charge in [-0.25, -0.2) is 0 Å². The molecule has 0 saturated heterocycles. The van der Waals surface area contributed by atoms with Crippen LogP contribution in [-0.4, -0.2) is 25.3 Å². The van der Waals surface area contributed by atoms with Crippen molar-refractivity contribution in [3.05, 3.63) is 0 Å². The third kappa shape index (κ3) is 4.19. The van der Waals surface area contributed by atoms with E-state index in [0.29, 0.717) is 6.10 Å². The highest BCUT2D eigenvalue weighted by Gasteiger charge is 2.38. The van der Waals surface area contributed by atoms with Gasteiger partial charge in [0.05, 0.1) is 11.7 Å². The summed E-state index contributed by atoms with van der Waals surface area (Å²) in [6.45, 7) is 5.78. The molecule has 19 heavy (non-hydrogen) atoms. The van der Waals surface area contributed by atoms with Gasteiger partial charge in [-0.15, -0.1) is 0 Å². The van der Waals surface area contributed by atoms with Gasteiger partial charge < -0.3 is 10.1 Å². The molecule has 1 N–H and O–H groups in total. The molecule has 0 aromatic carbocycles. The van der Waals surface area contributed by atoms with Crippen LogP contribution in [0.3, 0.4) is 0 Å². The minimum atomic E-state index is 0.141. The van der Waals surface area contributed by atoms with Crippen molar-refractivity contribution < 1.29 is 4.74 Å². The molecule has 2 nitrogen and oxygen atoms in total. The van der Waals surface area contributed by atoms with Crippen LogP contribution in [0.1, 0.15) is 71.6 Å². The van der Waals surface area contributed by atoms with Crippen LogP contribution in [0.4, 0.5) is 0 Å². The van der Waals surface area contributed by atoms with Gasteiger partial charge >= 0.3 is 0 Å². The lowest BCUT2D eigenvalue weighted by Crippen LogP contribution is -2.48. The molecule has 0 bridgehead atoms. The Kier molecular flexibility index (Phi) is 5.70. The number of ether oxygens (including phenoxy) is 1. The maximum atomic E-state index is 6.63. The summed E-state index contributed by atoms with van der Waals surface area (Å²) in [5.41, 5.74) is 0.141. The van der Waals surface area contributed by atoms with Crippen LogP contribution in [0.2, 0.25) is 0 Å². The molecule has 2 aliphatic carbocycles. The van der Waals surface area contributed by atoms with E-state index in [9.17, 15) is 0 Å². The van der Waals surface area contributed by atoms with Crippen molar-refractivity contribution in [1.29, 1.82) is 0 Å². The highest BCUT2D eigenvalue weighted by molar-refractivity contribution is 4.91. The van der Waals surface area contributed by atoms with E-state index in [1.807, 2.05) is 0 Å². The molecule has 2 rings (SSSR count). The molecule has 0 heterocycles. The first-order valence-corrected chi connectivity index (χ1v) is 8.48. The lowest BCUT2D eigenvalue weighted by atomic mass is 9.74. The normalized spacial score (nSPS) is 33.8. The number of hydrogen-bond acceptors (Lipinski definition) is 2. The summed E-state index contributed by atoms with van der Waals surface area (Å²) in [6.07, 6.45) is 12.5. The van der Waals surface area contributed by atoms with E-state index in [0.717, 1.165) is 18.4 Å². The van der Waals surface area contributed by atoms with Gasteiger partial charge in [-0.1, -0.05) is 33.1 Å². The SMILES string of the molecule is CNCC1(OC2CCCCC2)CCC(C(C)C)CC1. The van der Waals surface area contributed by atoms with Gasteiger partial charge in [-0.3, -0.25) is 0 Å². The molecule has 0 radical (unpaired) electrons. The molecule has 2 saturated carbocycles. The predicted molar refractivity (Wildman–Crippen MR) is 81.4 cm³/mol. The van der Waals surface area contributed by atoms with E-state index in [1.54, 1.807) is 0 Å². The van der Waals surface area contributed by atoms with Crippen LogP contribution in [0, 0.1) is 11.8 Å².